The Bertz CT molecular complexity index is 952. The molecule has 0 fully saturated rings. The highest BCUT2D eigenvalue weighted by Crippen LogP contribution is 2.34. The van der Waals surface area contributed by atoms with Crippen molar-refractivity contribution >= 4 is 34.0 Å². The number of rotatable bonds is 4. The molecular weight excluding hydrogens is 363 g/mol. The molecule has 0 aliphatic heterocycles. The Morgan fingerprint density at radius 2 is 2.04 bits per heavy atom. The first kappa shape index (κ1) is 21.0. The van der Waals surface area contributed by atoms with Gasteiger partial charge in [0.05, 0.1) is 15.9 Å². The molecule has 27 heavy (non-hydrogen) atoms. The van der Waals surface area contributed by atoms with E-state index in [0.29, 0.717) is 16.6 Å². The van der Waals surface area contributed by atoms with Crippen molar-refractivity contribution in [3.8, 4) is 11.8 Å². The molecule has 0 saturated heterocycles. The van der Waals surface area contributed by atoms with Gasteiger partial charge in [0.2, 0.25) is 0 Å². The molecule has 4 nitrogen and oxygen atoms in total. The lowest BCUT2D eigenvalue weighted by atomic mass is 9.96. The number of aryl methyl sites for hydroxylation is 1. The third-order valence-corrected chi connectivity index (χ3v) is 4.23. The Kier molecular flexibility index (Phi) is 6.33. The number of aliphatic imine (C=N–C) groups is 1. The van der Waals surface area contributed by atoms with E-state index >= 15 is 0 Å². The molecule has 2 rings (SSSR count). The second-order valence-electron chi connectivity index (χ2n) is 7.61. The van der Waals surface area contributed by atoms with Gasteiger partial charge in [-0.1, -0.05) is 36.6 Å². The van der Waals surface area contributed by atoms with Crippen molar-refractivity contribution in [1.29, 1.82) is 0 Å². The smallest absolute Gasteiger partial charge is 0.188 e. The number of hydrogen-bond acceptors (Lipinski definition) is 3. The second-order valence-corrected chi connectivity index (χ2v) is 8.01. The maximum Gasteiger partial charge on any atom is 0.188 e. The van der Waals surface area contributed by atoms with Crippen LogP contribution in [0.25, 0.3) is 10.9 Å². The number of alkyl halides is 1. The van der Waals surface area contributed by atoms with Gasteiger partial charge in [-0.3, -0.25) is 4.68 Å². The number of aromatic nitrogens is 2. The highest BCUT2D eigenvalue weighted by molar-refractivity contribution is 6.36. The number of benzene rings is 1. The van der Waals surface area contributed by atoms with Crippen molar-refractivity contribution in [3.05, 3.63) is 34.9 Å². The number of halogens is 2. The van der Waals surface area contributed by atoms with Crippen LogP contribution in [-0.4, -0.2) is 21.8 Å². The highest BCUT2D eigenvalue weighted by Gasteiger charge is 2.16. The number of anilines is 1. The summed E-state index contributed by atoms with van der Waals surface area (Å²) in [5, 5.41) is 5.59. The fourth-order valence-electron chi connectivity index (χ4n) is 2.70. The number of hydrogen-bond donors (Lipinski definition) is 1. The lowest BCUT2D eigenvalue weighted by Crippen LogP contribution is -2.03. The molecule has 1 heterocycles. The predicted molar refractivity (Wildman–Crippen MR) is 113 cm³/mol. The molecule has 6 heteroatoms. The summed E-state index contributed by atoms with van der Waals surface area (Å²) in [7, 11) is 1.83. The molecule has 144 valence electrons. The van der Waals surface area contributed by atoms with Crippen LogP contribution in [0.4, 0.5) is 10.2 Å². The third kappa shape index (κ3) is 5.33. The summed E-state index contributed by atoms with van der Waals surface area (Å²) in [4.78, 5) is 3.97. The summed E-state index contributed by atoms with van der Waals surface area (Å²) in [6, 6.07) is 3.77. The Balaban J connectivity index is 2.43. The molecule has 0 aliphatic rings. The molecule has 0 radical (unpaired) electrons. The van der Waals surface area contributed by atoms with Gasteiger partial charge in [0.15, 0.2) is 12.1 Å². The largest absolute Gasteiger partial charge is 0.382 e. The fraction of sp³-hybridized carbons (Fsp3) is 0.429. The van der Waals surface area contributed by atoms with Crippen LogP contribution in [0.1, 0.15) is 46.1 Å². The molecule has 0 saturated carbocycles. The minimum Gasteiger partial charge on any atom is -0.382 e. The van der Waals surface area contributed by atoms with E-state index in [2.05, 4.69) is 21.9 Å². The molecule has 0 aliphatic carbocycles. The van der Waals surface area contributed by atoms with Gasteiger partial charge in [0.1, 0.15) is 5.71 Å². The topological polar surface area (TPSA) is 56.2 Å². The monoisotopic (exact) mass is 388 g/mol. The first-order chi connectivity index (χ1) is 12.5. The summed E-state index contributed by atoms with van der Waals surface area (Å²) < 4.78 is 15.1. The lowest BCUT2D eigenvalue weighted by Gasteiger charge is -2.11. The molecule has 2 atom stereocenters. The van der Waals surface area contributed by atoms with Crippen molar-refractivity contribution in [3.63, 3.8) is 0 Å². The standard InChI is InChI=1S/C21H26ClFN4/c1-13(7-8-15(25-14(2)23)11-12-21(3,4)5)16-9-10-17(22)18-19(16)27(6)26-20(18)24/h7-10,13-14H,1-6H3,(H2,24,26)/b8-7-,25-15+. The normalized spacial score (nSPS) is 15.0. The number of allylic oxidation sites excluding steroid dienone is 2. The number of nitrogens with zero attached hydrogens (tertiary/aromatic N) is 3. The Labute approximate surface area is 165 Å². The van der Waals surface area contributed by atoms with Crippen molar-refractivity contribution in [2.45, 2.75) is 46.8 Å². The van der Waals surface area contributed by atoms with Crippen LogP contribution < -0.4 is 5.73 Å². The van der Waals surface area contributed by atoms with Crippen LogP contribution >= 0.6 is 11.6 Å². The zero-order chi connectivity index (χ0) is 20.4. The van der Waals surface area contributed by atoms with Crippen LogP contribution in [0, 0.1) is 17.3 Å². The fourth-order valence-corrected chi connectivity index (χ4v) is 2.95. The minimum atomic E-state index is -1.31. The zero-order valence-electron chi connectivity index (χ0n) is 16.6. The van der Waals surface area contributed by atoms with Gasteiger partial charge in [0, 0.05) is 18.4 Å². The molecule has 0 bridgehead atoms. The van der Waals surface area contributed by atoms with Gasteiger partial charge in [-0.05, 0) is 51.3 Å². The summed E-state index contributed by atoms with van der Waals surface area (Å²) >= 11 is 6.29. The minimum absolute atomic E-state index is 0.0103. The van der Waals surface area contributed by atoms with Crippen molar-refractivity contribution in [1.82, 2.24) is 9.78 Å². The molecule has 2 aromatic rings. The van der Waals surface area contributed by atoms with E-state index in [1.54, 1.807) is 10.8 Å². The molecule has 0 spiro atoms. The average molecular weight is 389 g/mol. The number of fused-ring (bicyclic) bond motifs is 1. The second kappa shape index (κ2) is 8.14. The van der Waals surface area contributed by atoms with E-state index < -0.39 is 6.30 Å². The molecule has 1 aromatic heterocycles. The van der Waals surface area contributed by atoms with E-state index in [-0.39, 0.29) is 11.3 Å². The van der Waals surface area contributed by atoms with Crippen molar-refractivity contribution < 1.29 is 4.39 Å². The number of nitrogen functional groups attached to an aromatic ring is 1. The first-order valence-electron chi connectivity index (χ1n) is 8.83. The summed E-state index contributed by atoms with van der Waals surface area (Å²) in [6.07, 6.45) is 2.40. The number of nitrogens with two attached hydrogens (primary N) is 1. The van der Waals surface area contributed by atoms with Gasteiger partial charge < -0.3 is 5.73 Å². The molecule has 1 aromatic carbocycles. The van der Waals surface area contributed by atoms with Crippen molar-refractivity contribution in [2.75, 3.05) is 5.73 Å². The van der Waals surface area contributed by atoms with E-state index in [4.69, 9.17) is 17.3 Å². The lowest BCUT2D eigenvalue weighted by molar-refractivity contribution is 0.377. The Morgan fingerprint density at radius 1 is 1.37 bits per heavy atom. The van der Waals surface area contributed by atoms with Gasteiger partial charge in [-0.2, -0.15) is 5.10 Å². The molecule has 2 unspecified atom stereocenters. The zero-order valence-corrected chi connectivity index (χ0v) is 17.4. The van der Waals surface area contributed by atoms with Crippen LogP contribution in [0.3, 0.4) is 0 Å². The van der Waals surface area contributed by atoms with Gasteiger partial charge in [-0.25, -0.2) is 9.38 Å². The molecule has 2 N–H and O–H groups in total. The highest BCUT2D eigenvalue weighted by atomic mass is 35.5. The molecular formula is C21H26ClFN4. The van der Waals surface area contributed by atoms with Gasteiger partial charge in [-0.15, -0.1) is 0 Å². The maximum atomic E-state index is 13.4. The van der Waals surface area contributed by atoms with E-state index in [1.165, 1.54) is 6.92 Å². The van der Waals surface area contributed by atoms with Crippen LogP contribution in [0.15, 0.2) is 29.3 Å². The summed E-state index contributed by atoms with van der Waals surface area (Å²) in [5.41, 5.74) is 8.13. The first-order valence-corrected chi connectivity index (χ1v) is 9.21. The van der Waals surface area contributed by atoms with Crippen molar-refractivity contribution in [2.24, 2.45) is 17.5 Å². The maximum absolute atomic E-state index is 13.4. The molecule has 0 amide bonds. The Hall–Kier alpha value is -2.32. The van der Waals surface area contributed by atoms with Gasteiger partial charge in [0.25, 0.3) is 0 Å². The quantitative estimate of drug-likeness (QED) is 0.440. The SMILES string of the molecule is CC(F)/N=C(C#CC(C)(C)C)\C=C/C(C)c1ccc(Cl)c2c(N)nn(C)c12. The predicted octanol–water partition coefficient (Wildman–Crippen LogP) is 5.27. The summed E-state index contributed by atoms with van der Waals surface area (Å²) in [5.74, 6) is 6.48. The van der Waals surface area contributed by atoms with Gasteiger partial charge >= 0.3 is 0 Å². The van der Waals surface area contributed by atoms with Crippen LogP contribution in [0.2, 0.25) is 5.02 Å². The van der Waals surface area contributed by atoms with E-state index in [9.17, 15) is 4.39 Å². The average Bonchev–Trinajstić information content (AvgIpc) is 2.84. The van der Waals surface area contributed by atoms with E-state index in [0.717, 1.165) is 16.5 Å². The van der Waals surface area contributed by atoms with E-state index in [1.807, 2.05) is 53.0 Å². The Morgan fingerprint density at radius 3 is 2.63 bits per heavy atom. The van der Waals surface area contributed by atoms with Crippen LogP contribution in [0.5, 0.6) is 0 Å². The third-order valence-electron chi connectivity index (χ3n) is 3.91. The van der Waals surface area contributed by atoms with Crippen LogP contribution in [-0.2, 0) is 7.05 Å². The summed E-state index contributed by atoms with van der Waals surface area (Å²) in [6.45, 7) is 9.42.